The first-order valence-electron chi connectivity index (χ1n) is 11.1. The topological polar surface area (TPSA) is 231 Å². The maximum Gasteiger partial charge on any atom is 0.326 e. The standard InChI is InChI=1S/C21H37N5O8/c1-5-11(4)17(26-18(30)12(22)6-9-15(28)29)20(32)24-13(7-8-14(23)27)19(31)25-16(10(2)3)21(33)34/h10-13,16-17H,5-9,22H2,1-4H3,(H2,23,27)(H,24,32)(H,25,31)(H,26,30)(H,28,29)(H,33,34). The number of primary amides is 1. The van der Waals surface area contributed by atoms with Crippen molar-refractivity contribution in [2.24, 2.45) is 23.3 Å². The second kappa shape index (κ2) is 14.8. The van der Waals surface area contributed by atoms with E-state index in [0.29, 0.717) is 6.42 Å². The van der Waals surface area contributed by atoms with Crippen molar-refractivity contribution in [1.82, 2.24) is 16.0 Å². The molecule has 34 heavy (non-hydrogen) atoms. The number of aliphatic carboxylic acids is 2. The molecule has 0 fully saturated rings. The van der Waals surface area contributed by atoms with Crippen LogP contribution in [0, 0.1) is 11.8 Å². The molecule has 13 nitrogen and oxygen atoms in total. The molecule has 13 heteroatoms. The van der Waals surface area contributed by atoms with Gasteiger partial charge in [0.2, 0.25) is 23.6 Å². The Hall–Kier alpha value is -3.22. The van der Waals surface area contributed by atoms with Gasteiger partial charge in [0, 0.05) is 12.8 Å². The van der Waals surface area contributed by atoms with Crippen LogP contribution in [0.4, 0.5) is 0 Å². The molecule has 0 aliphatic heterocycles. The number of carboxylic acids is 2. The first kappa shape index (κ1) is 30.8. The van der Waals surface area contributed by atoms with Gasteiger partial charge >= 0.3 is 11.9 Å². The average molecular weight is 488 g/mol. The van der Waals surface area contributed by atoms with Gasteiger partial charge in [0.1, 0.15) is 18.1 Å². The van der Waals surface area contributed by atoms with Gasteiger partial charge in [0.15, 0.2) is 0 Å². The molecule has 0 spiro atoms. The monoisotopic (exact) mass is 487 g/mol. The second-order valence-corrected chi connectivity index (χ2v) is 8.55. The summed E-state index contributed by atoms with van der Waals surface area (Å²) in [7, 11) is 0. The molecule has 0 bridgehead atoms. The van der Waals surface area contributed by atoms with Crippen molar-refractivity contribution in [1.29, 1.82) is 0 Å². The van der Waals surface area contributed by atoms with Crippen molar-refractivity contribution in [3.63, 3.8) is 0 Å². The third kappa shape index (κ3) is 11.1. The molecule has 194 valence electrons. The molecule has 5 unspecified atom stereocenters. The van der Waals surface area contributed by atoms with Crippen LogP contribution in [-0.4, -0.2) is 69.9 Å². The van der Waals surface area contributed by atoms with Crippen LogP contribution in [0.3, 0.4) is 0 Å². The number of carbonyl (C=O) groups excluding carboxylic acids is 4. The highest BCUT2D eigenvalue weighted by Gasteiger charge is 2.33. The first-order chi connectivity index (χ1) is 15.7. The van der Waals surface area contributed by atoms with Crippen LogP contribution in [0.1, 0.15) is 59.8 Å². The van der Waals surface area contributed by atoms with E-state index < -0.39 is 71.6 Å². The lowest BCUT2D eigenvalue weighted by molar-refractivity contribution is -0.144. The first-order valence-corrected chi connectivity index (χ1v) is 11.1. The Kier molecular flexibility index (Phi) is 13.4. The van der Waals surface area contributed by atoms with Gasteiger partial charge in [-0.05, 0) is 24.7 Å². The number of carbonyl (C=O) groups is 6. The molecule has 0 aromatic heterocycles. The van der Waals surface area contributed by atoms with Crippen LogP contribution in [0.25, 0.3) is 0 Å². The lowest BCUT2D eigenvalue weighted by Crippen LogP contribution is -2.59. The van der Waals surface area contributed by atoms with Crippen LogP contribution in [0.2, 0.25) is 0 Å². The zero-order chi connectivity index (χ0) is 26.6. The van der Waals surface area contributed by atoms with Crippen LogP contribution >= 0.6 is 0 Å². The minimum absolute atomic E-state index is 0.133. The maximum atomic E-state index is 13.0. The zero-order valence-corrected chi connectivity index (χ0v) is 20.0. The fourth-order valence-corrected chi connectivity index (χ4v) is 2.96. The fraction of sp³-hybridized carbons (Fsp3) is 0.714. The van der Waals surface area contributed by atoms with Crippen molar-refractivity contribution in [2.75, 3.05) is 0 Å². The molecule has 4 amide bonds. The molecular formula is C21H37N5O8. The summed E-state index contributed by atoms with van der Waals surface area (Å²) in [5.41, 5.74) is 10.9. The minimum Gasteiger partial charge on any atom is -0.481 e. The van der Waals surface area contributed by atoms with Gasteiger partial charge in [-0.3, -0.25) is 24.0 Å². The molecule has 9 N–H and O–H groups in total. The number of hydrogen-bond donors (Lipinski definition) is 7. The van der Waals surface area contributed by atoms with E-state index in [1.165, 1.54) is 0 Å². The Balaban J connectivity index is 5.59. The molecule has 0 rings (SSSR count). The van der Waals surface area contributed by atoms with Crippen molar-refractivity contribution in [3.05, 3.63) is 0 Å². The second-order valence-electron chi connectivity index (χ2n) is 8.55. The van der Waals surface area contributed by atoms with Crippen LogP contribution in [0.5, 0.6) is 0 Å². The number of rotatable bonds is 16. The molecule has 0 radical (unpaired) electrons. The Morgan fingerprint density at radius 2 is 1.35 bits per heavy atom. The largest absolute Gasteiger partial charge is 0.481 e. The number of amides is 4. The van der Waals surface area contributed by atoms with Crippen molar-refractivity contribution >= 4 is 35.6 Å². The van der Waals surface area contributed by atoms with E-state index in [0.717, 1.165) is 0 Å². The van der Waals surface area contributed by atoms with Crippen LogP contribution < -0.4 is 27.4 Å². The van der Waals surface area contributed by atoms with E-state index in [-0.39, 0.29) is 25.7 Å². The lowest BCUT2D eigenvalue weighted by Gasteiger charge is -2.28. The Bertz CT molecular complexity index is 757. The van der Waals surface area contributed by atoms with E-state index in [4.69, 9.17) is 16.6 Å². The highest BCUT2D eigenvalue weighted by atomic mass is 16.4. The Morgan fingerprint density at radius 1 is 0.794 bits per heavy atom. The van der Waals surface area contributed by atoms with Gasteiger partial charge in [-0.15, -0.1) is 0 Å². The summed E-state index contributed by atoms with van der Waals surface area (Å²) < 4.78 is 0. The number of nitrogens with one attached hydrogen (secondary N) is 3. The maximum absolute atomic E-state index is 13.0. The predicted molar refractivity (Wildman–Crippen MR) is 121 cm³/mol. The van der Waals surface area contributed by atoms with Gasteiger partial charge < -0.3 is 37.6 Å². The summed E-state index contributed by atoms with van der Waals surface area (Å²) >= 11 is 0. The molecule has 0 aliphatic rings. The van der Waals surface area contributed by atoms with Crippen molar-refractivity contribution in [2.45, 2.75) is 84.0 Å². The van der Waals surface area contributed by atoms with Gasteiger partial charge in [0.05, 0.1) is 6.04 Å². The van der Waals surface area contributed by atoms with Crippen LogP contribution in [-0.2, 0) is 28.8 Å². The van der Waals surface area contributed by atoms with Gasteiger partial charge in [-0.2, -0.15) is 0 Å². The molecule has 0 aromatic rings. The fourth-order valence-electron chi connectivity index (χ4n) is 2.96. The van der Waals surface area contributed by atoms with E-state index in [9.17, 15) is 33.9 Å². The highest BCUT2D eigenvalue weighted by Crippen LogP contribution is 2.11. The summed E-state index contributed by atoms with van der Waals surface area (Å²) in [5.74, 6) is -6.23. The number of nitrogens with two attached hydrogens (primary N) is 2. The number of hydrogen-bond acceptors (Lipinski definition) is 7. The third-order valence-corrected chi connectivity index (χ3v) is 5.34. The average Bonchev–Trinajstić information content (AvgIpc) is 2.74. The van der Waals surface area contributed by atoms with Crippen molar-refractivity contribution in [3.8, 4) is 0 Å². The third-order valence-electron chi connectivity index (χ3n) is 5.34. The highest BCUT2D eigenvalue weighted by molar-refractivity contribution is 5.94. The molecular weight excluding hydrogens is 450 g/mol. The lowest BCUT2D eigenvalue weighted by atomic mass is 9.96. The van der Waals surface area contributed by atoms with Gasteiger partial charge in [0.25, 0.3) is 0 Å². The molecule has 0 aromatic carbocycles. The summed E-state index contributed by atoms with van der Waals surface area (Å²) in [5, 5.41) is 25.4. The molecule has 0 aliphatic carbocycles. The molecule has 0 saturated heterocycles. The van der Waals surface area contributed by atoms with E-state index in [1.54, 1.807) is 27.7 Å². The van der Waals surface area contributed by atoms with Crippen LogP contribution in [0.15, 0.2) is 0 Å². The van der Waals surface area contributed by atoms with Gasteiger partial charge in [-0.1, -0.05) is 34.1 Å². The molecule has 5 atom stereocenters. The molecule has 0 saturated carbocycles. The SMILES string of the molecule is CCC(C)C(NC(=O)C(N)CCC(=O)O)C(=O)NC(CCC(N)=O)C(=O)NC(C(=O)O)C(C)C. The zero-order valence-electron chi connectivity index (χ0n) is 20.0. The number of carboxylic acid groups (broad SMARTS) is 2. The minimum atomic E-state index is -1.29. The quantitative estimate of drug-likeness (QED) is 0.137. The predicted octanol–water partition coefficient (Wildman–Crippen LogP) is -1.31. The summed E-state index contributed by atoms with van der Waals surface area (Å²) in [4.78, 5) is 71.5. The van der Waals surface area contributed by atoms with E-state index >= 15 is 0 Å². The summed E-state index contributed by atoms with van der Waals surface area (Å²) in [6.45, 7) is 6.65. The Labute approximate surface area is 198 Å². The normalized spacial score (nSPS) is 15.4. The molecule has 0 heterocycles. The van der Waals surface area contributed by atoms with Crippen molar-refractivity contribution < 1.29 is 39.0 Å². The van der Waals surface area contributed by atoms with Gasteiger partial charge in [-0.25, -0.2) is 4.79 Å². The summed E-state index contributed by atoms with van der Waals surface area (Å²) in [6, 6.07) is -4.79. The Morgan fingerprint density at radius 3 is 1.79 bits per heavy atom. The van der Waals surface area contributed by atoms with E-state index in [2.05, 4.69) is 16.0 Å². The summed E-state index contributed by atoms with van der Waals surface area (Å²) in [6.07, 6.45) is -0.430. The smallest absolute Gasteiger partial charge is 0.326 e. The van der Waals surface area contributed by atoms with E-state index in [1.807, 2.05) is 0 Å².